The molecule has 0 spiro atoms. The van der Waals surface area contributed by atoms with Gasteiger partial charge in [0.2, 0.25) is 5.91 Å². The summed E-state index contributed by atoms with van der Waals surface area (Å²) in [6.45, 7) is 0.758. The van der Waals surface area contributed by atoms with Crippen LogP contribution in [0.4, 0.5) is 10.5 Å². The molecule has 0 aliphatic heterocycles. The molecule has 31 heavy (non-hydrogen) atoms. The summed E-state index contributed by atoms with van der Waals surface area (Å²) in [5.74, 6) is 5.85. The van der Waals surface area contributed by atoms with E-state index < -0.39 is 0 Å². The fourth-order valence-electron chi connectivity index (χ4n) is 2.82. The molecular formula is C25H24N4O2. The van der Waals surface area contributed by atoms with Gasteiger partial charge in [-0.1, -0.05) is 48.4 Å². The van der Waals surface area contributed by atoms with Gasteiger partial charge in [0, 0.05) is 44.0 Å². The third kappa shape index (κ3) is 7.33. The van der Waals surface area contributed by atoms with Gasteiger partial charge in [0.05, 0.1) is 0 Å². The summed E-state index contributed by atoms with van der Waals surface area (Å²) in [6.07, 6.45) is 1.87. The number of nitrogens with one attached hydrogen (secondary N) is 2. The minimum atomic E-state index is -0.219. The zero-order valence-electron chi connectivity index (χ0n) is 17.3. The van der Waals surface area contributed by atoms with Gasteiger partial charge in [-0.15, -0.1) is 0 Å². The molecule has 0 atom stereocenters. The van der Waals surface area contributed by atoms with E-state index >= 15 is 0 Å². The molecule has 1 heterocycles. The van der Waals surface area contributed by atoms with E-state index in [1.807, 2.05) is 60.7 Å². The first-order valence-electron chi connectivity index (χ1n) is 9.96. The number of urea groups is 1. The van der Waals surface area contributed by atoms with Crippen LogP contribution in [0.15, 0.2) is 79.0 Å². The number of anilines is 1. The summed E-state index contributed by atoms with van der Waals surface area (Å²) >= 11 is 0. The molecule has 0 saturated carbocycles. The van der Waals surface area contributed by atoms with E-state index in [9.17, 15) is 9.59 Å². The maximum atomic E-state index is 12.2. The molecule has 0 bridgehead atoms. The Morgan fingerprint density at radius 2 is 1.77 bits per heavy atom. The number of benzene rings is 2. The third-order valence-electron chi connectivity index (χ3n) is 4.38. The van der Waals surface area contributed by atoms with Crippen LogP contribution < -0.4 is 10.6 Å². The number of carbonyl (C=O) groups is 2. The van der Waals surface area contributed by atoms with Gasteiger partial charge < -0.3 is 15.5 Å². The predicted octanol–water partition coefficient (Wildman–Crippen LogP) is 3.65. The highest BCUT2D eigenvalue weighted by Crippen LogP contribution is 2.10. The number of pyridine rings is 1. The molecule has 2 aromatic carbocycles. The second kappa shape index (κ2) is 11.2. The van der Waals surface area contributed by atoms with Gasteiger partial charge in [0.15, 0.2) is 0 Å². The van der Waals surface area contributed by atoms with Gasteiger partial charge in [-0.3, -0.25) is 4.79 Å². The molecule has 3 aromatic rings. The highest BCUT2D eigenvalue weighted by atomic mass is 16.2. The Morgan fingerprint density at radius 3 is 2.55 bits per heavy atom. The van der Waals surface area contributed by atoms with Crippen LogP contribution in [-0.4, -0.2) is 35.4 Å². The van der Waals surface area contributed by atoms with Crippen molar-refractivity contribution in [1.29, 1.82) is 0 Å². The minimum Gasteiger partial charge on any atom is -0.337 e. The summed E-state index contributed by atoms with van der Waals surface area (Å²) in [6, 6.07) is 22.4. The monoisotopic (exact) mass is 412 g/mol. The van der Waals surface area contributed by atoms with Crippen molar-refractivity contribution < 1.29 is 9.59 Å². The molecule has 6 heteroatoms. The van der Waals surface area contributed by atoms with Crippen LogP contribution in [0, 0.1) is 11.8 Å². The van der Waals surface area contributed by atoms with Gasteiger partial charge in [0.1, 0.15) is 5.69 Å². The molecule has 6 nitrogen and oxygen atoms in total. The molecule has 0 aliphatic rings. The quantitative estimate of drug-likeness (QED) is 0.607. The largest absolute Gasteiger partial charge is 0.337 e. The average Bonchev–Trinajstić information content (AvgIpc) is 2.79. The van der Waals surface area contributed by atoms with Gasteiger partial charge in [0.25, 0.3) is 0 Å². The van der Waals surface area contributed by atoms with E-state index in [4.69, 9.17) is 0 Å². The summed E-state index contributed by atoms with van der Waals surface area (Å²) in [5.41, 5.74) is 3.17. The Labute approximate surface area is 182 Å². The molecule has 2 N–H and O–H groups in total. The van der Waals surface area contributed by atoms with Crippen LogP contribution in [0.25, 0.3) is 0 Å². The van der Waals surface area contributed by atoms with Gasteiger partial charge >= 0.3 is 6.03 Å². The van der Waals surface area contributed by atoms with Crippen molar-refractivity contribution in [2.45, 2.75) is 13.0 Å². The van der Waals surface area contributed by atoms with E-state index in [0.29, 0.717) is 17.9 Å². The second-order valence-electron chi connectivity index (χ2n) is 6.92. The molecule has 0 fully saturated rings. The molecule has 156 valence electrons. The molecule has 0 unspecified atom stereocenters. The van der Waals surface area contributed by atoms with Crippen molar-refractivity contribution in [2.75, 3.05) is 18.9 Å². The normalized spacial score (nSPS) is 9.84. The number of carbonyl (C=O) groups excluding carboxylic acids is 2. The van der Waals surface area contributed by atoms with Gasteiger partial charge in [-0.2, -0.15) is 0 Å². The fourth-order valence-corrected chi connectivity index (χ4v) is 2.82. The Kier molecular flexibility index (Phi) is 7.78. The predicted molar refractivity (Wildman–Crippen MR) is 121 cm³/mol. The standard InChI is InChI=1S/C25H24N4O2/c1-29(19-21-8-3-2-4-9-21)25(31)27-17-15-24(30)28-23-12-7-10-20(18-23)13-14-22-11-5-6-16-26-22/h2-12,16,18H,15,17,19H2,1H3,(H,27,31)(H,28,30). The van der Waals surface area contributed by atoms with Crippen LogP contribution in [0.3, 0.4) is 0 Å². The van der Waals surface area contributed by atoms with Crippen LogP contribution in [0.2, 0.25) is 0 Å². The highest BCUT2D eigenvalue weighted by molar-refractivity contribution is 5.91. The van der Waals surface area contributed by atoms with Gasteiger partial charge in [-0.05, 0) is 41.8 Å². The number of amides is 3. The van der Waals surface area contributed by atoms with Crippen molar-refractivity contribution in [3.05, 3.63) is 95.8 Å². The molecule has 3 amide bonds. The molecule has 0 saturated heterocycles. The third-order valence-corrected chi connectivity index (χ3v) is 4.38. The molecule has 0 aliphatic carbocycles. The smallest absolute Gasteiger partial charge is 0.317 e. The number of hydrogen-bond donors (Lipinski definition) is 2. The molecular weight excluding hydrogens is 388 g/mol. The maximum Gasteiger partial charge on any atom is 0.317 e. The number of nitrogens with zero attached hydrogens (tertiary/aromatic N) is 2. The average molecular weight is 412 g/mol. The van der Waals surface area contributed by atoms with Crippen LogP contribution in [0.5, 0.6) is 0 Å². The number of hydrogen-bond acceptors (Lipinski definition) is 3. The first-order valence-corrected chi connectivity index (χ1v) is 9.96. The van der Waals surface area contributed by atoms with Crippen molar-refractivity contribution >= 4 is 17.6 Å². The molecule has 3 rings (SSSR count). The number of aromatic nitrogens is 1. The highest BCUT2D eigenvalue weighted by Gasteiger charge is 2.09. The lowest BCUT2D eigenvalue weighted by atomic mass is 10.2. The Balaban J connectivity index is 1.44. The van der Waals surface area contributed by atoms with Crippen molar-refractivity contribution in [2.24, 2.45) is 0 Å². The van der Waals surface area contributed by atoms with Gasteiger partial charge in [-0.25, -0.2) is 9.78 Å². The van der Waals surface area contributed by atoms with Crippen molar-refractivity contribution in [3.63, 3.8) is 0 Å². The van der Waals surface area contributed by atoms with E-state index in [2.05, 4.69) is 27.5 Å². The summed E-state index contributed by atoms with van der Waals surface area (Å²) < 4.78 is 0. The first kappa shape index (κ1) is 21.6. The summed E-state index contributed by atoms with van der Waals surface area (Å²) in [7, 11) is 1.72. The second-order valence-corrected chi connectivity index (χ2v) is 6.92. The molecule has 1 aromatic heterocycles. The number of rotatable bonds is 6. The van der Waals surface area contributed by atoms with Crippen LogP contribution in [0.1, 0.15) is 23.2 Å². The first-order chi connectivity index (χ1) is 15.1. The zero-order chi connectivity index (χ0) is 21.9. The maximum absolute atomic E-state index is 12.2. The van der Waals surface area contributed by atoms with Crippen molar-refractivity contribution in [3.8, 4) is 11.8 Å². The van der Waals surface area contributed by atoms with E-state index in [0.717, 1.165) is 11.1 Å². The lowest BCUT2D eigenvalue weighted by molar-refractivity contribution is -0.116. The summed E-state index contributed by atoms with van der Waals surface area (Å²) in [4.78, 5) is 30.2. The van der Waals surface area contributed by atoms with E-state index in [1.54, 1.807) is 30.3 Å². The minimum absolute atomic E-state index is 0.175. The van der Waals surface area contributed by atoms with Crippen LogP contribution in [-0.2, 0) is 11.3 Å². The summed E-state index contributed by atoms with van der Waals surface area (Å²) in [5, 5.41) is 5.60. The SMILES string of the molecule is CN(Cc1ccccc1)C(=O)NCCC(=O)Nc1cccc(C#Cc2ccccn2)c1. The lowest BCUT2D eigenvalue weighted by Gasteiger charge is -2.18. The Bertz CT molecular complexity index is 1070. The Morgan fingerprint density at radius 1 is 0.968 bits per heavy atom. The lowest BCUT2D eigenvalue weighted by Crippen LogP contribution is -2.38. The Hall–Kier alpha value is -4.11. The van der Waals surface area contributed by atoms with Crippen molar-refractivity contribution in [1.82, 2.24) is 15.2 Å². The van der Waals surface area contributed by atoms with E-state index in [1.165, 1.54) is 0 Å². The van der Waals surface area contributed by atoms with E-state index in [-0.39, 0.29) is 24.9 Å². The van der Waals surface area contributed by atoms with Crippen LogP contribution >= 0.6 is 0 Å². The topological polar surface area (TPSA) is 74.3 Å². The fraction of sp³-hybridized carbons (Fsp3) is 0.160. The zero-order valence-corrected chi connectivity index (χ0v) is 17.3. The molecule has 0 radical (unpaired) electrons.